The second-order valence-corrected chi connectivity index (χ2v) is 10.2. The van der Waals surface area contributed by atoms with Crippen LogP contribution >= 0.6 is 0 Å². The maximum atomic E-state index is 13.2. The number of hydrogen-bond donors (Lipinski definition) is 0. The summed E-state index contributed by atoms with van der Waals surface area (Å²) in [4.78, 5) is 25.1. The Hall–Kier alpha value is -1.41. The zero-order valence-electron chi connectivity index (χ0n) is 16.3. The molecular formula is C19H29NO6S. The van der Waals surface area contributed by atoms with Crippen LogP contribution in [0.2, 0.25) is 0 Å². The molecule has 0 aromatic heterocycles. The molecule has 7 nitrogen and oxygen atoms in total. The molecule has 1 amide bonds. The quantitative estimate of drug-likeness (QED) is 0.480. The van der Waals surface area contributed by atoms with Crippen LogP contribution in [0, 0.1) is 16.7 Å². The van der Waals surface area contributed by atoms with E-state index in [4.69, 9.17) is 9.47 Å². The maximum absolute atomic E-state index is 13.2. The largest absolute Gasteiger partial charge is 0.466 e. The lowest BCUT2D eigenvalue weighted by Crippen LogP contribution is -2.49. The van der Waals surface area contributed by atoms with E-state index in [1.807, 2.05) is 0 Å². The van der Waals surface area contributed by atoms with Gasteiger partial charge in [-0.2, -0.15) is 0 Å². The number of ether oxygens (including phenoxy) is 2. The van der Waals surface area contributed by atoms with Gasteiger partial charge in [0.15, 0.2) is 0 Å². The first-order valence-corrected chi connectivity index (χ1v) is 11.2. The molecule has 2 saturated carbocycles. The van der Waals surface area contributed by atoms with Gasteiger partial charge in [0, 0.05) is 5.41 Å². The number of carbonyl (C=O) groups is 2. The predicted molar refractivity (Wildman–Crippen MR) is 99.2 cm³/mol. The lowest BCUT2D eigenvalue weighted by Gasteiger charge is -2.37. The molecule has 3 fully saturated rings. The van der Waals surface area contributed by atoms with E-state index in [1.165, 1.54) is 6.08 Å². The summed E-state index contributed by atoms with van der Waals surface area (Å²) in [7, 11) is -3.75. The number of sulfonamides is 1. The molecule has 4 atom stereocenters. The number of carbonyl (C=O) groups excluding carboxylic acids is 2. The van der Waals surface area contributed by atoms with Crippen LogP contribution < -0.4 is 0 Å². The summed E-state index contributed by atoms with van der Waals surface area (Å²) in [5.74, 6) is -0.839. The first kappa shape index (κ1) is 20.3. The first-order chi connectivity index (χ1) is 12.6. The molecule has 2 aliphatic carbocycles. The summed E-state index contributed by atoms with van der Waals surface area (Å²) in [6.45, 7) is 9.71. The van der Waals surface area contributed by atoms with Gasteiger partial charge in [-0.25, -0.2) is 12.7 Å². The van der Waals surface area contributed by atoms with Crippen LogP contribution in [0.15, 0.2) is 12.7 Å². The van der Waals surface area contributed by atoms with E-state index in [-0.39, 0.29) is 36.8 Å². The molecule has 3 aliphatic rings. The van der Waals surface area contributed by atoms with E-state index >= 15 is 0 Å². The fourth-order valence-electron chi connectivity index (χ4n) is 5.49. The van der Waals surface area contributed by atoms with Crippen molar-refractivity contribution in [2.45, 2.75) is 58.6 Å². The molecule has 0 N–H and O–H groups in total. The van der Waals surface area contributed by atoms with Gasteiger partial charge in [-0.15, -0.1) is 6.58 Å². The topological polar surface area (TPSA) is 90.0 Å². The normalized spacial score (nSPS) is 33.5. The van der Waals surface area contributed by atoms with Gasteiger partial charge in [0.05, 0.1) is 31.4 Å². The molecule has 0 aromatic carbocycles. The van der Waals surface area contributed by atoms with Gasteiger partial charge in [0.2, 0.25) is 10.0 Å². The van der Waals surface area contributed by atoms with E-state index in [9.17, 15) is 18.0 Å². The highest BCUT2D eigenvalue weighted by atomic mass is 32.2. The number of amides is 1. The second-order valence-electron chi connectivity index (χ2n) is 8.38. The van der Waals surface area contributed by atoms with E-state index in [0.717, 1.165) is 17.1 Å². The Labute approximate surface area is 161 Å². The van der Waals surface area contributed by atoms with Crippen LogP contribution in [0.3, 0.4) is 0 Å². The second kappa shape index (κ2) is 6.88. The van der Waals surface area contributed by atoms with Crippen LogP contribution in [0.4, 0.5) is 0 Å². The minimum absolute atomic E-state index is 0.00646. The molecule has 1 aliphatic heterocycles. The van der Waals surface area contributed by atoms with E-state index < -0.39 is 33.4 Å². The fourth-order valence-corrected chi connectivity index (χ4v) is 8.06. The Morgan fingerprint density at radius 1 is 1.37 bits per heavy atom. The Bertz CT molecular complexity index is 745. The predicted octanol–water partition coefficient (Wildman–Crippen LogP) is 1.88. The molecule has 0 radical (unpaired) electrons. The number of hydrogen-bond acceptors (Lipinski definition) is 6. The van der Waals surface area contributed by atoms with Gasteiger partial charge < -0.3 is 9.47 Å². The minimum atomic E-state index is -3.75. The lowest BCUT2D eigenvalue weighted by molar-refractivity contribution is -0.153. The van der Waals surface area contributed by atoms with Crippen molar-refractivity contribution in [1.29, 1.82) is 0 Å². The van der Waals surface area contributed by atoms with E-state index in [0.29, 0.717) is 12.3 Å². The van der Waals surface area contributed by atoms with Crippen molar-refractivity contribution in [1.82, 2.24) is 4.31 Å². The summed E-state index contributed by atoms with van der Waals surface area (Å²) in [5, 5.41) is 0. The Morgan fingerprint density at radius 2 is 2.07 bits per heavy atom. The highest BCUT2D eigenvalue weighted by Gasteiger charge is 2.72. The van der Waals surface area contributed by atoms with Gasteiger partial charge in [-0.3, -0.25) is 9.59 Å². The number of nitrogens with zero attached hydrogens (tertiary/aromatic N) is 1. The van der Waals surface area contributed by atoms with Crippen molar-refractivity contribution < 1.29 is 27.5 Å². The van der Waals surface area contributed by atoms with Gasteiger partial charge in [0.1, 0.15) is 6.10 Å². The molecule has 1 heterocycles. The Kier molecular flexibility index (Phi) is 5.18. The molecule has 1 spiro atoms. The van der Waals surface area contributed by atoms with E-state index in [2.05, 4.69) is 20.4 Å². The van der Waals surface area contributed by atoms with Crippen molar-refractivity contribution in [3.63, 3.8) is 0 Å². The molecule has 0 aromatic rings. The molecule has 3 rings (SSSR count). The minimum Gasteiger partial charge on any atom is -0.466 e. The average Bonchev–Trinajstić information content (AvgIpc) is 3.05. The van der Waals surface area contributed by atoms with Crippen LogP contribution in [0.1, 0.15) is 46.5 Å². The molecule has 2 bridgehead atoms. The summed E-state index contributed by atoms with van der Waals surface area (Å²) < 4.78 is 37.4. The van der Waals surface area contributed by atoms with Crippen molar-refractivity contribution in [2.75, 3.05) is 19.0 Å². The maximum Gasteiger partial charge on any atom is 0.308 e. The van der Waals surface area contributed by atoms with Crippen molar-refractivity contribution in [3.05, 3.63) is 12.7 Å². The number of fused-ring (bicyclic) bond motifs is 1. The molecule has 8 heteroatoms. The third-order valence-electron chi connectivity index (χ3n) is 6.98. The molecule has 152 valence electrons. The Balaban J connectivity index is 1.89. The van der Waals surface area contributed by atoms with Crippen LogP contribution in [-0.4, -0.2) is 55.7 Å². The van der Waals surface area contributed by atoms with Crippen molar-refractivity contribution >= 4 is 21.9 Å². The summed E-state index contributed by atoms with van der Waals surface area (Å²) in [6.07, 6.45) is 2.47. The van der Waals surface area contributed by atoms with Gasteiger partial charge in [-0.05, 0) is 37.5 Å². The molecule has 27 heavy (non-hydrogen) atoms. The third-order valence-corrected chi connectivity index (χ3v) is 8.89. The van der Waals surface area contributed by atoms with Gasteiger partial charge >= 0.3 is 5.97 Å². The highest BCUT2D eigenvalue weighted by Crippen LogP contribution is 2.70. The fraction of sp³-hybridized carbons (Fsp3) is 0.789. The monoisotopic (exact) mass is 399 g/mol. The zero-order valence-corrected chi connectivity index (χ0v) is 17.1. The third kappa shape index (κ3) is 3.01. The van der Waals surface area contributed by atoms with Crippen LogP contribution in [0.25, 0.3) is 0 Å². The van der Waals surface area contributed by atoms with Crippen molar-refractivity contribution in [2.24, 2.45) is 16.7 Å². The molecular weight excluding hydrogens is 370 g/mol. The summed E-state index contributed by atoms with van der Waals surface area (Å²) >= 11 is 0. The SMILES string of the molecule is C=CCO[C@@H](CC(=O)OCC)C(=O)N1[C@@H]2C[C@H]3CC[C@]2(CS1(=O)=O)C3(C)C. The van der Waals surface area contributed by atoms with E-state index in [1.54, 1.807) is 6.92 Å². The lowest BCUT2D eigenvalue weighted by atomic mass is 9.69. The zero-order chi connectivity index (χ0) is 20.0. The summed E-state index contributed by atoms with van der Waals surface area (Å²) in [5.41, 5.74) is -0.530. The van der Waals surface area contributed by atoms with Crippen molar-refractivity contribution in [3.8, 4) is 0 Å². The van der Waals surface area contributed by atoms with Gasteiger partial charge in [0.25, 0.3) is 5.91 Å². The molecule has 0 unspecified atom stereocenters. The van der Waals surface area contributed by atoms with Crippen LogP contribution in [-0.2, 0) is 29.1 Å². The van der Waals surface area contributed by atoms with Crippen LogP contribution in [0.5, 0.6) is 0 Å². The summed E-state index contributed by atoms with van der Waals surface area (Å²) in [6, 6.07) is -0.347. The Morgan fingerprint density at radius 3 is 2.67 bits per heavy atom. The number of rotatable bonds is 7. The first-order valence-electron chi connectivity index (χ1n) is 9.55. The standard InChI is InChI=1S/C19H29NO6S/c1-5-9-26-14(11-16(21)25-6-2)17(22)20-15-10-13-7-8-19(15,18(13,3)4)12-27(20,23)24/h5,13-15H,1,6-12H2,2-4H3/t13-,14+,15-,19-/m1/s1. The van der Waals surface area contributed by atoms with Gasteiger partial charge in [-0.1, -0.05) is 19.9 Å². The molecule has 1 saturated heterocycles. The average molecular weight is 400 g/mol. The smallest absolute Gasteiger partial charge is 0.308 e. The number of esters is 1. The highest BCUT2D eigenvalue weighted by molar-refractivity contribution is 7.90.